The van der Waals surface area contributed by atoms with Gasteiger partial charge in [0.15, 0.2) is 0 Å². The van der Waals surface area contributed by atoms with Crippen LogP contribution in [-0.2, 0) is 37.3 Å². The van der Waals surface area contributed by atoms with Crippen LogP contribution in [0.1, 0.15) is 128 Å². The second-order valence-electron chi connectivity index (χ2n) is 16.9. The molecule has 0 aliphatic heterocycles. The first-order valence-electron chi connectivity index (χ1n) is 16.9. The van der Waals surface area contributed by atoms with E-state index in [1.54, 1.807) is 0 Å². The summed E-state index contributed by atoms with van der Waals surface area (Å²) >= 11 is 0. The Morgan fingerprint density at radius 1 is 0.723 bits per heavy atom. The van der Waals surface area contributed by atoms with Crippen LogP contribution >= 0.6 is 0 Å². The second kappa shape index (κ2) is 10.4. The molecule has 5 heterocycles. The van der Waals surface area contributed by atoms with Crippen molar-refractivity contribution in [3.63, 3.8) is 0 Å². The molecule has 0 aromatic carbocycles. The van der Waals surface area contributed by atoms with Gasteiger partial charge in [-0.25, -0.2) is 0 Å². The molecule has 4 atom stereocenters. The summed E-state index contributed by atoms with van der Waals surface area (Å²) < 4.78 is 0. The van der Waals surface area contributed by atoms with Crippen molar-refractivity contribution in [3.8, 4) is 22.8 Å². The van der Waals surface area contributed by atoms with Gasteiger partial charge < -0.3 is 20.4 Å². The molecule has 9 rings (SSSR count). The molecule has 0 spiro atoms. The summed E-state index contributed by atoms with van der Waals surface area (Å²) in [4.78, 5) is 13.7. The zero-order valence-electron chi connectivity index (χ0n) is 29.0. The van der Waals surface area contributed by atoms with Gasteiger partial charge in [-0.2, -0.15) is 0 Å². The first-order valence-corrected chi connectivity index (χ1v) is 16.9. The molecule has 2 saturated carbocycles. The largest absolute Gasteiger partial charge is 2.00 e. The number of fused-ring (bicyclic) bond motifs is 11. The third kappa shape index (κ3) is 4.23. The normalized spacial score (nSPS) is 27.3. The fourth-order valence-electron chi connectivity index (χ4n) is 9.58. The first-order chi connectivity index (χ1) is 21.7. The van der Waals surface area contributed by atoms with Crippen LogP contribution in [0.4, 0.5) is 0 Å². The molecule has 0 amide bonds. The van der Waals surface area contributed by atoms with Crippen LogP contribution in [0.15, 0.2) is 49.1 Å². The summed E-state index contributed by atoms with van der Waals surface area (Å²) in [6, 6.07) is 8.35. The molecule has 0 saturated heterocycles. The summed E-state index contributed by atoms with van der Waals surface area (Å²) in [5.41, 5.74) is 10.8. The Balaban J connectivity index is 0.000000277. The SMILES string of the molecule is CC(C)(C)c1ccncc1.CC12CCC(c3c1n[n-]c3-c1cc3ccncc3c(-c3[n-]nc4c3C3CCC4(C)C3(C)C)n1)C2(C)C.[Pt+2]. The molecule has 8 heteroatoms. The van der Waals surface area contributed by atoms with E-state index in [4.69, 9.17) is 25.4 Å². The zero-order chi connectivity index (χ0) is 32.4. The number of hydrogen-bond donors (Lipinski definition) is 0. The Bertz CT molecular complexity index is 2000. The van der Waals surface area contributed by atoms with Crippen LogP contribution in [0.25, 0.3) is 33.5 Å². The van der Waals surface area contributed by atoms with E-state index >= 15 is 0 Å². The van der Waals surface area contributed by atoms with Gasteiger partial charge in [0.05, 0.1) is 11.4 Å². The van der Waals surface area contributed by atoms with Gasteiger partial charge in [0.25, 0.3) is 0 Å². The Kier molecular flexibility index (Phi) is 7.17. The van der Waals surface area contributed by atoms with E-state index in [9.17, 15) is 0 Å². The molecule has 2 fully saturated rings. The van der Waals surface area contributed by atoms with E-state index < -0.39 is 0 Å². The van der Waals surface area contributed by atoms with Crippen molar-refractivity contribution in [2.24, 2.45) is 10.8 Å². The molecule has 4 aliphatic rings. The maximum absolute atomic E-state index is 5.30. The minimum atomic E-state index is 0. The van der Waals surface area contributed by atoms with Crippen molar-refractivity contribution in [2.75, 3.05) is 0 Å². The molecule has 5 aromatic heterocycles. The van der Waals surface area contributed by atoms with Crippen LogP contribution in [-0.4, -0.2) is 25.1 Å². The van der Waals surface area contributed by atoms with E-state index in [-0.39, 0.29) is 48.1 Å². The van der Waals surface area contributed by atoms with Gasteiger partial charge in [-0.05, 0) is 100 Å². The van der Waals surface area contributed by atoms with Gasteiger partial charge in [-0.1, -0.05) is 73.7 Å². The number of hydrogen-bond acceptors (Lipinski definition) is 5. The Labute approximate surface area is 292 Å². The summed E-state index contributed by atoms with van der Waals surface area (Å²) in [6.07, 6.45) is 12.2. The van der Waals surface area contributed by atoms with Crippen LogP contribution < -0.4 is 10.2 Å². The van der Waals surface area contributed by atoms with E-state index in [0.717, 1.165) is 33.5 Å². The molecule has 5 aromatic rings. The van der Waals surface area contributed by atoms with Gasteiger partial charge in [0.1, 0.15) is 0 Å². The molecule has 47 heavy (non-hydrogen) atoms. The van der Waals surface area contributed by atoms with Gasteiger partial charge in [0, 0.05) is 52.4 Å². The number of aromatic nitrogens is 7. The quantitative estimate of drug-likeness (QED) is 0.177. The fourth-order valence-corrected chi connectivity index (χ4v) is 9.58. The van der Waals surface area contributed by atoms with Crippen molar-refractivity contribution in [3.05, 3.63) is 77.1 Å². The van der Waals surface area contributed by atoms with Gasteiger partial charge >= 0.3 is 21.1 Å². The molecule has 7 nitrogen and oxygen atoms in total. The van der Waals surface area contributed by atoms with Gasteiger partial charge in [-0.15, -0.1) is 0 Å². The van der Waals surface area contributed by atoms with Crippen molar-refractivity contribution in [1.29, 1.82) is 0 Å². The van der Waals surface area contributed by atoms with Crippen molar-refractivity contribution < 1.29 is 21.1 Å². The summed E-state index contributed by atoms with van der Waals surface area (Å²) in [5, 5.41) is 21.3. The Hall–Kier alpha value is -3.18. The van der Waals surface area contributed by atoms with E-state index in [0.29, 0.717) is 11.8 Å². The smallest absolute Gasteiger partial charge is 0.573 e. The number of nitrogens with zero attached hydrogens (tertiary/aromatic N) is 7. The molecule has 246 valence electrons. The van der Waals surface area contributed by atoms with E-state index in [1.165, 1.54) is 53.8 Å². The maximum atomic E-state index is 5.30. The van der Waals surface area contributed by atoms with Crippen molar-refractivity contribution in [1.82, 2.24) is 35.3 Å². The number of pyridine rings is 3. The standard InChI is InChI=1S/C30H32N6.C9H13N.Pt/c1-27(2)17-7-10-29(27,5)25-20(17)23(33-35-25)19-13-15-9-12-31-14-16(15)22(32-19)24-21-18-8-11-30(6,28(18,3)4)26(21)36-34-24;1-9(2,3)8-4-6-10-7-5-8;/h9,12-14,17-18H,7-8,10-11H2,1-6H3;4-7H,1-3H3;/q-2;;+2. The first kappa shape index (κ1) is 32.4. The minimum absolute atomic E-state index is 0. The van der Waals surface area contributed by atoms with Gasteiger partial charge in [0.2, 0.25) is 0 Å². The average molecular weight is 807 g/mol. The maximum Gasteiger partial charge on any atom is 2.00 e. The molecule has 4 unspecified atom stereocenters. The predicted octanol–water partition coefficient (Wildman–Crippen LogP) is 8.39. The Morgan fingerprint density at radius 3 is 1.81 bits per heavy atom. The van der Waals surface area contributed by atoms with Crippen LogP contribution in [0.5, 0.6) is 0 Å². The van der Waals surface area contributed by atoms with Crippen LogP contribution in [0, 0.1) is 10.8 Å². The minimum Gasteiger partial charge on any atom is -0.573 e. The second-order valence-corrected chi connectivity index (χ2v) is 16.9. The number of rotatable bonds is 2. The average Bonchev–Trinajstić information content (AvgIpc) is 3.81. The molecular weight excluding hydrogens is 762 g/mol. The summed E-state index contributed by atoms with van der Waals surface area (Å²) in [5.74, 6) is 0.930. The Morgan fingerprint density at radius 2 is 1.26 bits per heavy atom. The zero-order valence-corrected chi connectivity index (χ0v) is 31.3. The topological polar surface area (TPSA) is 92.7 Å². The van der Waals surface area contributed by atoms with E-state index in [1.807, 2.05) is 24.8 Å². The molecule has 4 bridgehead atoms. The fraction of sp³-hybridized carbons (Fsp3) is 0.513. The molecule has 0 radical (unpaired) electrons. The molecular formula is C39H45N7Pt. The summed E-state index contributed by atoms with van der Waals surface area (Å²) in [7, 11) is 0. The van der Waals surface area contributed by atoms with Crippen LogP contribution in [0.2, 0.25) is 0 Å². The van der Waals surface area contributed by atoms with Crippen LogP contribution in [0.3, 0.4) is 0 Å². The monoisotopic (exact) mass is 806 g/mol. The third-order valence-electron chi connectivity index (χ3n) is 13.4. The third-order valence-corrected chi connectivity index (χ3v) is 13.4. The van der Waals surface area contributed by atoms with E-state index in [2.05, 4.69) is 96.5 Å². The molecule has 4 aliphatic carbocycles. The summed E-state index contributed by atoms with van der Waals surface area (Å²) in [6.45, 7) is 21.0. The van der Waals surface area contributed by atoms with Crippen molar-refractivity contribution >= 4 is 10.8 Å². The molecule has 0 N–H and O–H groups in total. The van der Waals surface area contributed by atoms with Crippen molar-refractivity contribution in [2.45, 2.75) is 116 Å². The predicted molar refractivity (Wildman–Crippen MR) is 182 cm³/mol. The van der Waals surface area contributed by atoms with Gasteiger partial charge in [-0.3, -0.25) is 15.0 Å².